The average molecular weight is 320 g/mol. The molecule has 2 heterocycles. The van der Waals surface area contributed by atoms with Gasteiger partial charge >= 0.3 is 0 Å². The molecule has 0 bridgehead atoms. The van der Waals surface area contributed by atoms with Crippen LogP contribution in [0.15, 0.2) is 18.3 Å². The molecule has 1 aliphatic carbocycles. The van der Waals surface area contributed by atoms with Gasteiger partial charge in [0.1, 0.15) is 11.9 Å². The Morgan fingerprint density at radius 3 is 2.73 bits per heavy atom. The highest BCUT2D eigenvalue weighted by Gasteiger charge is 2.41. The number of pyridine rings is 1. The molecule has 7 heteroatoms. The Bertz CT molecular complexity index is 676. The van der Waals surface area contributed by atoms with Crippen molar-refractivity contribution in [3.8, 4) is 6.07 Å². The van der Waals surface area contributed by atoms with E-state index in [9.17, 15) is 8.42 Å². The summed E-state index contributed by atoms with van der Waals surface area (Å²) in [6, 6.07) is 5.63. The number of likely N-dealkylation sites (N-methyl/N-ethyl adjacent to an activating group) is 1. The van der Waals surface area contributed by atoms with Crippen LogP contribution < -0.4 is 4.90 Å². The van der Waals surface area contributed by atoms with Gasteiger partial charge in [0, 0.05) is 32.4 Å². The predicted octanol–water partition coefficient (Wildman–Crippen LogP) is 1.35. The Morgan fingerprint density at radius 1 is 1.36 bits per heavy atom. The molecule has 6 nitrogen and oxygen atoms in total. The number of hydrogen-bond donors (Lipinski definition) is 0. The van der Waals surface area contributed by atoms with Gasteiger partial charge in [-0.1, -0.05) is 0 Å². The fourth-order valence-electron chi connectivity index (χ4n) is 2.91. The lowest BCUT2D eigenvalue weighted by Crippen LogP contribution is -2.49. The van der Waals surface area contributed by atoms with Gasteiger partial charge < -0.3 is 4.90 Å². The van der Waals surface area contributed by atoms with E-state index in [-0.39, 0.29) is 11.3 Å². The summed E-state index contributed by atoms with van der Waals surface area (Å²) in [4.78, 5) is 6.42. The Labute approximate surface area is 131 Å². The maximum Gasteiger partial charge on any atom is 0.217 e. The zero-order valence-electron chi connectivity index (χ0n) is 12.6. The van der Waals surface area contributed by atoms with Crippen molar-refractivity contribution >= 4 is 15.8 Å². The lowest BCUT2D eigenvalue weighted by atomic mass is 10.1. The molecule has 1 unspecified atom stereocenters. The normalized spacial score (nSPS) is 22.6. The summed E-state index contributed by atoms with van der Waals surface area (Å²) >= 11 is 0. The number of nitrogens with zero attached hydrogens (tertiary/aromatic N) is 4. The monoisotopic (exact) mass is 320 g/mol. The zero-order chi connectivity index (χ0) is 15.7. The molecule has 3 rings (SSSR count). The fraction of sp³-hybridized carbons (Fsp3) is 0.600. The SMILES string of the molecule is CN(C1CCCN(c2ccc(C#N)cn2)C1)S(=O)(=O)C1CC1. The minimum Gasteiger partial charge on any atom is -0.355 e. The minimum absolute atomic E-state index is 0.00297. The summed E-state index contributed by atoms with van der Waals surface area (Å²) in [6.07, 6.45) is 4.97. The Balaban J connectivity index is 1.72. The molecule has 118 valence electrons. The van der Waals surface area contributed by atoms with Gasteiger partial charge in [0.25, 0.3) is 0 Å². The molecule has 22 heavy (non-hydrogen) atoms. The maximum atomic E-state index is 12.4. The van der Waals surface area contributed by atoms with E-state index in [1.807, 2.05) is 6.07 Å². The van der Waals surface area contributed by atoms with Crippen molar-refractivity contribution in [2.45, 2.75) is 37.0 Å². The van der Waals surface area contributed by atoms with Crippen LogP contribution in [0.5, 0.6) is 0 Å². The molecule has 1 aromatic heterocycles. The quantitative estimate of drug-likeness (QED) is 0.837. The highest BCUT2D eigenvalue weighted by molar-refractivity contribution is 7.90. The van der Waals surface area contributed by atoms with Crippen molar-refractivity contribution in [1.29, 1.82) is 5.26 Å². The molecule has 0 amide bonds. The summed E-state index contributed by atoms with van der Waals surface area (Å²) in [5, 5.41) is 8.66. The van der Waals surface area contributed by atoms with Gasteiger partial charge in [-0.3, -0.25) is 0 Å². The number of sulfonamides is 1. The van der Waals surface area contributed by atoms with Crippen molar-refractivity contribution in [3.05, 3.63) is 23.9 Å². The third-order valence-electron chi connectivity index (χ3n) is 4.46. The van der Waals surface area contributed by atoms with E-state index in [2.05, 4.69) is 16.0 Å². The van der Waals surface area contributed by atoms with E-state index in [0.29, 0.717) is 12.1 Å². The van der Waals surface area contributed by atoms with Crippen molar-refractivity contribution in [3.63, 3.8) is 0 Å². The van der Waals surface area contributed by atoms with E-state index >= 15 is 0 Å². The first kappa shape index (κ1) is 15.3. The second kappa shape index (κ2) is 5.86. The van der Waals surface area contributed by atoms with E-state index in [0.717, 1.165) is 38.0 Å². The van der Waals surface area contributed by atoms with Crippen LogP contribution in [0.3, 0.4) is 0 Å². The van der Waals surface area contributed by atoms with E-state index < -0.39 is 10.0 Å². The second-order valence-corrected chi connectivity index (χ2v) is 8.29. The highest BCUT2D eigenvalue weighted by atomic mass is 32.2. The molecule has 0 N–H and O–H groups in total. The fourth-order valence-corrected chi connectivity index (χ4v) is 4.70. The van der Waals surface area contributed by atoms with Crippen molar-refractivity contribution in [2.75, 3.05) is 25.0 Å². The third kappa shape index (κ3) is 2.94. The molecule has 1 aliphatic heterocycles. The van der Waals surface area contributed by atoms with Gasteiger partial charge in [-0.15, -0.1) is 0 Å². The maximum absolute atomic E-state index is 12.4. The standard InChI is InChI=1S/C15H20N4O2S/c1-18(22(20,21)14-5-6-14)13-3-2-8-19(11-13)15-7-4-12(9-16)10-17-15/h4,7,10,13-14H,2-3,5-6,8,11H2,1H3. The van der Waals surface area contributed by atoms with Crippen LogP contribution in [-0.2, 0) is 10.0 Å². The Kier molecular flexibility index (Phi) is 4.06. The van der Waals surface area contributed by atoms with E-state index in [1.54, 1.807) is 23.6 Å². The van der Waals surface area contributed by atoms with Gasteiger partial charge in [0.05, 0.1) is 10.8 Å². The summed E-state index contributed by atoms with van der Waals surface area (Å²) < 4.78 is 26.3. The van der Waals surface area contributed by atoms with Crippen LogP contribution in [0.25, 0.3) is 0 Å². The number of nitriles is 1. The molecule has 2 fully saturated rings. The number of aromatic nitrogens is 1. The number of anilines is 1. The van der Waals surface area contributed by atoms with Crippen LogP contribution in [0.4, 0.5) is 5.82 Å². The lowest BCUT2D eigenvalue weighted by Gasteiger charge is -2.37. The Hall–Kier alpha value is -1.65. The second-order valence-electron chi connectivity index (χ2n) is 6.02. The van der Waals surface area contributed by atoms with Crippen LogP contribution in [0.1, 0.15) is 31.2 Å². The summed E-state index contributed by atoms with van der Waals surface area (Å²) in [6.45, 7) is 1.52. The minimum atomic E-state index is -3.14. The molecule has 2 aliphatic rings. The van der Waals surface area contributed by atoms with Crippen molar-refractivity contribution in [2.24, 2.45) is 0 Å². The molecule has 0 radical (unpaired) electrons. The van der Waals surface area contributed by atoms with Gasteiger partial charge in [-0.2, -0.15) is 9.57 Å². The highest BCUT2D eigenvalue weighted by Crippen LogP contribution is 2.32. The van der Waals surface area contributed by atoms with E-state index in [1.165, 1.54) is 0 Å². The zero-order valence-corrected chi connectivity index (χ0v) is 13.5. The molecular weight excluding hydrogens is 300 g/mol. The first-order valence-electron chi connectivity index (χ1n) is 7.60. The predicted molar refractivity (Wildman–Crippen MR) is 83.9 cm³/mol. The smallest absolute Gasteiger partial charge is 0.217 e. The van der Waals surface area contributed by atoms with Crippen LogP contribution in [0, 0.1) is 11.3 Å². The van der Waals surface area contributed by atoms with Crippen LogP contribution in [0.2, 0.25) is 0 Å². The topological polar surface area (TPSA) is 77.3 Å². The summed E-state index contributed by atoms with van der Waals surface area (Å²) in [7, 11) is -1.44. The van der Waals surface area contributed by atoms with Gasteiger partial charge in [-0.25, -0.2) is 13.4 Å². The van der Waals surface area contributed by atoms with E-state index in [4.69, 9.17) is 5.26 Å². The largest absolute Gasteiger partial charge is 0.355 e. The number of rotatable bonds is 4. The first-order chi connectivity index (χ1) is 10.5. The molecular formula is C15H20N4O2S. The Morgan fingerprint density at radius 2 is 2.14 bits per heavy atom. The van der Waals surface area contributed by atoms with Crippen LogP contribution in [-0.4, -0.2) is 49.1 Å². The average Bonchev–Trinajstić information content (AvgIpc) is 3.40. The summed E-state index contributed by atoms with van der Waals surface area (Å²) in [5.41, 5.74) is 0.533. The van der Waals surface area contributed by atoms with Gasteiger partial charge in [-0.05, 0) is 37.8 Å². The molecule has 0 spiro atoms. The first-order valence-corrected chi connectivity index (χ1v) is 9.10. The number of hydrogen-bond acceptors (Lipinski definition) is 5. The summed E-state index contributed by atoms with van der Waals surface area (Å²) in [5.74, 6) is 0.806. The lowest BCUT2D eigenvalue weighted by molar-refractivity contribution is 0.319. The van der Waals surface area contributed by atoms with Gasteiger partial charge in [0.15, 0.2) is 0 Å². The molecule has 0 aromatic carbocycles. The van der Waals surface area contributed by atoms with Crippen molar-refractivity contribution in [1.82, 2.24) is 9.29 Å². The molecule has 1 atom stereocenters. The van der Waals surface area contributed by atoms with Gasteiger partial charge in [0.2, 0.25) is 10.0 Å². The van der Waals surface area contributed by atoms with Crippen LogP contribution >= 0.6 is 0 Å². The number of piperidine rings is 1. The third-order valence-corrected chi connectivity index (χ3v) is 6.87. The molecule has 1 aromatic rings. The molecule has 1 saturated heterocycles. The molecule has 1 saturated carbocycles. The van der Waals surface area contributed by atoms with Crippen molar-refractivity contribution < 1.29 is 8.42 Å².